The zero-order chi connectivity index (χ0) is 11.7. The van der Waals surface area contributed by atoms with Crippen molar-refractivity contribution in [1.82, 2.24) is 5.32 Å². The molecule has 0 amide bonds. The number of ether oxygens (including phenoxy) is 1. The highest BCUT2D eigenvalue weighted by Gasteiger charge is 2.32. The summed E-state index contributed by atoms with van der Waals surface area (Å²) in [5.41, 5.74) is -0.547. The van der Waals surface area contributed by atoms with Gasteiger partial charge in [-0.3, -0.25) is 4.79 Å². The van der Waals surface area contributed by atoms with Gasteiger partial charge in [0.15, 0.2) is 0 Å². The smallest absolute Gasteiger partial charge is 0.326 e. The van der Waals surface area contributed by atoms with Gasteiger partial charge in [-0.05, 0) is 33.1 Å². The molecular formula is C11H23NO2S. The summed E-state index contributed by atoms with van der Waals surface area (Å²) in [5, 5.41) is 3.04. The Hall–Kier alpha value is -0.220. The van der Waals surface area contributed by atoms with Crippen molar-refractivity contribution < 1.29 is 9.53 Å². The molecule has 0 rings (SSSR count). The molecule has 0 radical (unpaired) electrons. The van der Waals surface area contributed by atoms with Crippen molar-refractivity contribution >= 4 is 17.7 Å². The van der Waals surface area contributed by atoms with Crippen LogP contribution in [0.3, 0.4) is 0 Å². The second-order valence-electron chi connectivity index (χ2n) is 3.71. The monoisotopic (exact) mass is 233 g/mol. The Morgan fingerprint density at radius 2 is 2.13 bits per heavy atom. The molecule has 0 heterocycles. The van der Waals surface area contributed by atoms with Crippen LogP contribution in [0, 0.1) is 0 Å². The molecule has 3 nitrogen and oxygen atoms in total. The molecule has 15 heavy (non-hydrogen) atoms. The summed E-state index contributed by atoms with van der Waals surface area (Å²) in [7, 11) is 1.80. The van der Waals surface area contributed by atoms with Gasteiger partial charge < -0.3 is 10.1 Å². The summed E-state index contributed by atoms with van der Waals surface area (Å²) < 4.78 is 5.04. The van der Waals surface area contributed by atoms with Gasteiger partial charge in [-0.15, -0.1) is 0 Å². The van der Waals surface area contributed by atoms with E-state index < -0.39 is 5.54 Å². The summed E-state index contributed by atoms with van der Waals surface area (Å²) in [6.45, 7) is 6.33. The fourth-order valence-corrected chi connectivity index (χ4v) is 2.35. The lowest BCUT2D eigenvalue weighted by Crippen LogP contribution is -2.50. The standard InChI is InChI=1S/C11H23NO2S/c1-5-7-8-15-9-11(3,12-4)10(13)14-6-2/h12H,5-9H2,1-4H3. The van der Waals surface area contributed by atoms with E-state index in [0.29, 0.717) is 6.61 Å². The van der Waals surface area contributed by atoms with Crippen molar-refractivity contribution in [3.8, 4) is 0 Å². The van der Waals surface area contributed by atoms with E-state index in [1.807, 2.05) is 13.8 Å². The van der Waals surface area contributed by atoms with E-state index in [9.17, 15) is 4.79 Å². The summed E-state index contributed by atoms with van der Waals surface area (Å²) in [6.07, 6.45) is 2.40. The Kier molecular flexibility index (Phi) is 7.88. The molecule has 0 aliphatic heterocycles. The molecule has 90 valence electrons. The summed E-state index contributed by atoms with van der Waals surface area (Å²) in [5.74, 6) is 1.71. The fourth-order valence-electron chi connectivity index (χ4n) is 1.05. The summed E-state index contributed by atoms with van der Waals surface area (Å²) in [4.78, 5) is 11.7. The number of likely N-dealkylation sites (N-methyl/N-ethyl adjacent to an activating group) is 1. The van der Waals surface area contributed by atoms with Crippen molar-refractivity contribution in [3.05, 3.63) is 0 Å². The Morgan fingerprint density at radius 1 is 1.47 bits per heavy atom. The van der Waals surface area contributed by atoms with Gasteiger partial charge in [0.05, 0.1) is 6.61 Å². The quantitative estimate of drug-likeness (QED) is 0.514. The van der Waals surface area contributed by atoms with Crippen LogP contribution in [0.25, 0.3) is 0 Å². The van der Waals surface area contributed by atoms with Gasteiger partial charge in [0.25, 0.3) is 0 Å². The normalized spacial score (nSPS) is 14.7. The first-order chi connectivity index (χ1) is 7.10. The van der Waals surface area contributed by atoms with Gasteiger partial charge in [-0.1, -0.05) is 13.3 Å². The number of rotatable bonds is 8. The Labute approximate surface area is 97.3 Å². The predicted octanol–water partition coefficient (Wildman–Crippen LogP) is 2.06. The van der Waals surface area contributed by atoms with Gasteiger partial charge in [0, 0.05) is 5.75 Å². The number of esters is 1. The van der Waals surface area contributed by atoms with Crippen LogP contribution in [-0.4, -0.2) is 36.7 Å². The molecule has 1 atom stereocenters. The number of hydrogen-bond donors (Lipinski definition) is 1. The van der Waals surface area contributed by atoms with E-state index in [2.05, 4.69) is 12.2 Å². The first-order valence-corrected chi connectivity index (χ1v) is 6.70. The van der Waals surface area contributed by atoms with Crippen LogP contribution in [0.15, 0.2) is 0 Å². The molecule has 0 bridgehead atoms. The van der Waals surface area contributed by atoms with Crippen molar-refractivity contribution in [2.45, 2.75) is 39.2 Å². The largest absolute Gasteiger partial charge is 0.465 e. The van der Waals surface area contributed by atoms with E-state index in [4.69, 9.17) is 4.74 Å². The average Bonchev–Trinajstić information content (AvgIpc) is 2.24. The van der Waals surface area contributed by atoms with Gasteiger partial charge in [-0.25, -0.2) is 0 Å². The van der Waals surface area contributed by atoms with Crippen LogP contribution in [0.4, 0.5) is 0 Å². The maximum Gasteiger partial charge on any atom is 0.326 e. The van der Waals surface area contributed by atoms with Crippen molar-refractivity contribution in [3.63, 3.8) is 0 Å². The first kappa shape index (κ1) is 14.8. The lowest BCUT2D eigenvalue weighted by molar-refractivity contribution is -0.149. The third-order valence-corrected chi connectivity index (χ3v) is 3.67. The number of nitrogens with one attached hydrogen (secondary N) is 1. The molecule has 0 saturated heterocycles. The Morgan fingerprint density at radius 3 is 2.60 bits per heavy atom. The maximum absolute atomic E-state index is 11.7. The minimum Gasteiger partial charge on any atom is -0.465 e. The average molecular weight is 233 g/mol. The van der Waals surface area contributed by atoms with Crippen LogP contribution in [0.5, 0.6) is 0 Å². The molecular weight excluding hydrogens is 210 g/mol. The maximum atomic E-state index is 11.7. The number of hydrogen-bond acceptors (Lipinski definition) is 4. The zero-order valence-electron chi connectivity index (χ0n) is 10.3. The highest BCUT2D eigenvalue weighted by Crippen LogP contribution is 2.16. The second-order valence-corrected chi connectivity index (χ2v) is 4.81. The van der Waals surface area contributed by atoms with Crippen LogP contribution in [0.2, 0.25) is 0 Å². The third-order valence-electron chi connectivity index (χ3n) is 2.31. The molecule has 0 spiro atoms. The second kappa shape index (κ2) is 7.99. The molecule has 0 fully saturated rings. The van der Waals surface area contributed by atoms with Gasteiger partial charge in [0.1, 0.15) is 5.54 Å². The van der Waals surface area contributed by atoms with E-state index in [-0.39, 0.29) is 5.97 Å². The van der Waals surface area contributed by atoms with Crippen LogP contribution in [0.1, 0.15) is 33.6 Å². The molecule has 0 aliphatic carbocycles. The minimum absolute atomic E-state index is 0.156. The predicted molar refractivity (Wildman–Crippen MR) is 66.3 cm³/mol. The lowest BCUT2D eigenvalue weighted by atomic mass is 10.1. The first-order valence-electron chi connectivity index (χ1n) is 5.54. The number of carbonyl (C=O) groups is 1. The molecule has 0 aliphatic rings. The summed E-state index contributed by atoms with van der Waals surface area (Å²) in [6, 6.07) is 0. The topological polar surface area (TPSA) is 38.3 Å². The molecule has 0 aromatic rings. The van der Waals surface area contributed by atoms with E-state index in [1.54, 1.807) is 18.8 Å². The van der Waals surface area contributed by atoms with Gasteiger partial charge >= 0.3 is 5.97 Å². The fraction of sp³-hybridized carbons (Fsp3) is 0.909. The zero-order valence-corrected chi connectivity index (χ0v) is 11.1. The van der Waals surface area contributed by atoms with Crippen LogP contribution in [-0.2, 0) is 9.53 Å². The molecule has 0 aromatic heterocycles. The highest BCUT2D eigenvalue weighted by atomic mass is 32.2. The molecule has 0 saturated carbocycles. The van der Waals surface area contributed by atoms with Crippen LogP contribution < -0.4 is 5.32 Å². The third kappa shape index (κ3) is 5.42. The lowest BCUT2D eigenvalue weighted by Gasteiger charge is -2.26. The van der Waals surface area contributed by atoms with Gasteiger partial charge in [-0.2, -0.15) is 11.8 Å². The van der Waals surface area contributed by atoms with Crippen molar-refractivity contribution in [2.24, 2.45) is 0 Å². The molecule has 1 unspecified atom stereocenters. The van der Waals surface area contributed by atoms with Crippen LogP contribution >= 0.6 is 11.8 Å². The van der Waals surface area contributed by atoms with E-state index in [0.717, 1.165) is 11.5 Å². The molecule has 0 aromatic carbocycles. The number of carbonyl (C=O) groups excluding carboxylic acids is 1. The highest BCUT2D eigenvalue weighted by molar-refractivity contribution is 7.99. The molecule has 4 heteroatoms. The summed E-state index contributed by atoms with van der Waals surface area (Å²) >= 11 is 1.80. The van der Waals surface area contributed by atoms with Gasteiger partial charge in [0.2, 0.25) is 0 Å². The van der Waals surface area contributed by atoms with Crippen molar-refractivity contribution in [2.75, 3.05) is 25.2 Å². The van der Waals surface area contributed by atoms with Crippen molar-refractivity contribution in [1.29, 1.82) is 0 Å². The van der Waals surface area contributed by atoms with E-state index in [1.165, 1.54) is 12.8 Å². The van der Waals surface area contributed by atoms with E-state index >= 15 is 0 Å². The minimum atomic E-state index is -0.547. The Balaban J connectivity index is 4.00. The molecule has 1 N–H and O–H groups in total. The number of thioether (sulfide) groups is 1. The SMILES string of the molecule is CCCCSCC(C)(NC)C(=O)OCC. The number of unbranched alkanes of at least 4 members (excludes halogenated alkanes) is 1. The Bertz CT molecular complexity index is 187.